The summed E-state index contributed by atoms with van der Waals surface area (Å²) in [5.74, 6) is -0.395. The molecule has 0 saturated carbocycles. The van der Waals surface area contributed by atoms with Crippen molar-refractivity contribution in [3.05, 3.63) is 64.1 Å². The van der Waals surface area contributed by atoms with E-state index in [1.807, 2.05) is 44.2 Å². The smallest absolute Gasteiger partial charge is 0.273 e. The minimum absolute atomic E-state index is 0.0277. The highest BCUT2D eigenvalue weighted by molar-refractivity contribution is 5.99. The molecular formula is C19H23N3O3. The average molecular weight is 341 g/mol. The van der Waals surface area contributed by atoms with Crippen molar-refractivity contribution in [3.63, 3.8) is 0 Å². The van der Waals surface area contributed by atoms with E-state index in [0.29, 0.717) is 12.3 Å². The van der Waals surface area contributed by atoms with Crippen molar-refractivity contribution in [2.24, 2.45) is 5.10 Å². The number of hydrogen-bond acceptors (Lipinski definition) is 4. The Bertz CT molecular complexity index is 810. The summed E-state index contributed by atoms with van der Waals surface area (Å²) in [7, 11) is 1.51. The lowest BCUT2D eigenvalue weighted by molar-refractivity contribution is 0.0948. The summed E-state index contributed by atoms with van der Waals surface area (Å²) in [5, 5.41) is 7.03. The van der Waals surface area contributed by atoms with Gasteiger partial charge in [0.15, 0.2) is 11.4 Å². The zero-order chi connectivity index (χ0) is 18.2. The molecule has 132 valence electrons. The van der Waals surface area contributed by atoms with Crippen molar-refractivity contribution < 1.29 is 9.53 Å². The molecule has 1 amide bonds. The SMILES string of the molecule is CCCCOc1c(C(=O)NC)n(/N=C(/C)c2ccccc2)ccc1=O. The first-order valence-corrected chi connectivity index (χ1v) is 8.30. The van der Waals surface area contributed by atoms with Crippen LogP contribution in [0.25, 0.3) is 0 Å². The highest BCUT2D eigenvalue weighted by Gasteiger charge is 2.19. The van der Waals surface area contributed by atoms with Crippen molar-refractivity contribution in [1.29, 1.82) is 0 Å². The molecule has 0 bridgehead atoms. The number of ether oxygens (including phenoxy) is 1. The summed E-state index contributed by atoms with van der Waals surface area (Å²) < 4.78 is 6.99. The van der Waals surface area contributed by atoms with Crippen LogP contribution in [0.3, 0.4) is 0 Å². The highest BCUT2D eigenvalue weighted by atomic mass is 16.5. The lowest BCUT2D eigenvalue weighted by atomic mass is 10.1. The second-order valence-electron chi connectivity index (χ2n) is 5.53. The first-order valence-electron chi connectivity index (χ1n) is 8.30. The van der Waals surface area contributed by atoms with Crippen LogP contribution in [0, 0.1) is 0 Å². The monoisotopic (exact) mass is 341 g/mol. The van der Waals surface area contributed by atoms with Gasteiger partial charge in [0.25, 0.3) is 5.91 Å². The van der Waals surface area contributed by atoms with Crippen LogP contribution in [0.5, 0.6) is 5.75 Å². The number of nitrogens with zero attached hydrogens (tertiary/aromatic N) is 2. The van der Waals surface area contributed by atoms with Gasteiger partial charge in [0.05, 0.1) is 12.3 Å². The normalized spacial score (nSPS) is 11.2. The topological polar surface area (TPSA) is 72.7 Å². The number of aromatic nitrogens is 1. The number of amides is 1. The summed E-state index contributed by atoms with van der Waals surface area (Å²) in [6.45, 7) is 4.25. The molecule has 0 radical (unpaired) electrons. The van der Waals surface area contributed by atoms with E-state index >= 15 is 0 Å². The van der Waals surface area contributed by atoms with Gasteiger partial charge in [-0.25, -0.2) is 4.68 Å². The van der Waals surface area contributed by atoms with Crippen LogP contribution in [0.2, 0.25) is 0 Å². The third-order valence-corrected chi connectivity index (χ3v) is 3.67. The average Bonchev–Trinajstić information content (AvgIpc) is 2.64. The number of hydrogen-bond donors (Lipinski definition) is 1. The van der Waals surface area contributed by atoms with Gasteiger partial charge >= 0.3 is 0 Å². The number of unbranched alkanes of at least 4 members (excludes halogenated alkanes) is 1. The van der Waals surface area contributed by atoms with Crippen LogP contribution in [0.15, 0.2) is 52.5 Å². The van der Waals surface area contributed by atoms with Gasteiger partial charge in [-0.05, 0) is 18.9 Å². The summed E-state index contributed by atoms with van der Waals surface area (Å²) >= 11 is 0. The van der Waals surface area contributed by atoms with Crippen LogP contribution in [-0.4, -0.2) is 29.9 Å². The maximum absolute atomic E-state index is 12.3. The number of carbonyl (C=O) groups excluding carboxylic acids is 1. The first-order chi connectivity index (χ1) is 12.1. The fraction of sp³-hybridized carbons (Fsp3) is 0.316. The second kappa shape index (κ2) is 8.82. The lowest BCUT2D eigenvalue weighted by Crippen LogP contribution is -2.27. The zero-order valence-corrected chi connectivity index (χ0v) is 14.8. The summed E-state index contributed by atoms with van der Waals surface area (Å²) in [4.78, 5) is 24.5. The molecule has 2 aromatic rings. The largest absolute Gasteiger partial charge is 0.487 e. The molecular weight excluding hydrogens is 318 g/mol. The Hall–Kier alpha value is -2.89. The fourth-order valence-corrected chi connectivity index (χ4v) is 2.27. The predicted octanol–water partition coefficient (Wildman–Crippen LogP) is 2.66. The van der Waals surface area contributed by atoms with E-state index < -0.39 is 5.91 Å². The molecule has 2 rings (SSSR count). The van der Waals surface area contributed by atoms with Crippen LogP contribution in [-0.2, 0) is 0 Å². The van der Waals surface area contributed by atoms with E-state index in [1.54, 1.807) is 0 Å². The maximum Gasteiger partial charge on any atom is 0.273 e. The van der Waals surface area contributed by atoms with E-state index in [1.165, 1.54) is 24.0 Å². The predicted molar refractivity (Wildman–Crippen MR) is 98.5 cm³/mol. The molecule has 1 N–H and O–H groups in total. The standard InChI is InChI=1S/C19H23N3O3/c1-4-5-13-25-18-16(23)11-12-22(17(18)19(24)20-3)21-14(2)15-9-7-6-8-10-15/h6-12H,4-5,13H2,1-3H3,(H,20,24)/b21-14-. The molecule has 0 unspecified atom stereocenters. The summed E-state index contributed by atoms with van der Waals surface area (Å²) in [6, 6.07) is 11.0. The van der Waals surface area contributed by atoms with Crippen LogP contribution in [0.4, 0.5) is 0 Å². The number of pyridine rings is 1. The van der Waals surface area contributed by atoms with E-state index in [2.05, 4.69) is 10.4 Å². The molecule has 0 aliphatic rings. The minimum atomic E-state index is -0.422. The van der Waals surface area contributed by atoms with Crippen molar-refractivity contribution in [2.75, 3.05) is 13.7 Å². The molecule has 6 heteroatoms. The molecule has 25 heavy (non-hydrogen) atoms. The van der Waals surface area contributed by atoms with E-state index in [0.717, 1.165) is 18.4 Å². The van der Waals surface area contributed by atoms with E-state index in [4.69, 9.17) is 4.74 Å². The zero-order valence-electron chi connectivity index (χ0n) is 14.8. The van der Waals surface area contributed by atoms with Gasteiger partial charge in [0.1, 0.15) is 0 Å². The van der Waals surface area contributed by atoms with E-state index in [-0.39, 0.29) is 16.9 Å². The minimum Gasteiger partial charge on any atom is -0.487 e. The molecule has 0 saturated heterocycles. The summed E-state index contributed by atoms with van der Waals surface area (Å²) in [5.41, 5.74) is 1.41. The molecule has 0 spiro atoms. The highest BCUT2D eigenvalue weighted by Crippen LogP contribution is 2.15. The molecule has 0 aliphatic carbocycles. The van der Waals surface area contributed by atoms with Crippen molar-refractivity contribution >= 4 is 11.6 Å². The first kappa shape index (κ1) is 18.4. The van der Waals surface area contributed by atoms with Gasteiger partial charge < -0.3 is 10.1 Å². The van der Waals surface area contributed by atoms with Crippen molar-refractivity contribution in [2.45, 2.75) is 26.7 Å². The number of benzene rings is 1. The third kappa shape index (κ3) is 4.56. The van der Waals surface area contributed by atoms with Gasteiger partial charge in [0, 0.05) is 19.3 Å². The lowest BCUT2D eigenvalue weighted by Gasteiger charge is -2.14. The van der Waals surface area contributed by atoms with Gasteiger partial charge in [-0.15, -0.1) is 0 Å². The van der Waals surface area contributed by atoms with Gasteiger partial charge in [0.2, 0.25) is 5.43 Å². The fourth-order valence-electron chi connectivity index (χ4n) is 2.27. The maximum atomic E-state index is 12.3. The third-order valence-electron chi connectivity index (χ3n) is 3.67. The Balaban J connectivity index is 2.52. The van der Waals surface area contributed by atoms with Crippen LogP contribution >= 0.6 is 0 Å². The molecule has 1 aromatic heterocycles. The quantitative estimate of drug-likeness (QED) is 0.621. The molecule has 6 nitrogen and oxygen atoms in total. The van der Waals surface area contributed by atoms with Gasteiger partial charge in [-0.3, -0.25) is 9.59 Å². The second-order valence-corrected chi connectivity index (χ2v) is 5.53. The van der Waals surface area contributed by atoms with Gasteiger partial charge in [-0.1, -0.05) is 43.7 Å². The van der Waals surface area contributed by atoms with Gasteiger partial charge in [-0.2, -0.15) is 5.10 Å². The number of carbonyl (C=O) groups is 1. The number of rotatable bonds is 7. The Morgan fingerprint density at radius 1 is 1.24 bits per heavy atom. The van der Waals surface area contributed by atoms with Crippen molar-refractivity contribution in [3.8, 4) is 5.75 Å². The molecule has 0 atom stereocenters. The molecule has 0 fully saturated rings. The number of nitrogens with one attached hydrogen (secondary N) is 1. The Labute approximate surface area is 147 Å². The van der Waals surface area contributed by atoms with Crippen molar-refractivity contribution in [1.82, 2.24) is 9.99 Å². The van der Waals surface area contributed by atoms with E-state index in [9.17, 15) is 9.59 Å². The summed E-state index contributed by atoms with van der Waals surface area (Å²) in [6.07, 6.45) is 3.21. The van der Waals surface area contributed by atoms with Crippen LogP contribution in [0.1, 0.15) is 42.7 Å². The Morgan fingerprint density at radius 3 is 2.60 bits per heavy atom. The Kier molecular flexibility index (Phi) is 6.51. The van der Waals surface area contributed by atoms with Crippen LogP contribution < -0.4 is 15.5 Å². The molecule has 1 aromatic carbocycles. The molecule has 1 heterocycles. The Morgan fingerprint density at radius 2 is 1.96 bits per heavy atom. The molecule has 0 aliphatic heterocycles.